The Kier molecular flexibility index (Phi) is 31.2. The number of hydrogen-bond acceptors (Lipinski definition) is 23. The molecule has 518 valence electrons. The highest BCUT2D eigenvalue weighted by Crippen LogP contribution is 2.32. The van der Waals surface area contributed by atoms with Gasteiger partial charge in [0.1, 0.15) is 23.7 Å². The summed E-state index contributed by atoms with van der Waals surface area (Å²) in [6.07, 6.45) is 6.55. The van der Waals surface area contributed by atoms with Crippen LogP contribution < -0.4 is 21.7 Å². The van der Waals surface area contributed by atoms with Gasteiger partial charge in [-0.25, -0.2) is 47.2 Å². The van der Waals surface area contributed by atoms with E-state index in [9.17, 15) is 85.8 Å². The summed E-state index contributed by atoms with van der Waals surface area (Å²) >= 11 is 0. The number of rotatable bonds is 13. The summed E-state index contributed by atoms with van der Waals surface area (Å²) in [4.78, 5) is 84.9. The summed E-state index contributed by atoms with van der Waals surface area (Å²) in [6.45, 7) is 7.52. The van der Waals surface area contributed by atoms with E-state index in [0.717, 1.165) is 91.3 Å². The van der Waals surface area contributed by atoms with Crippen LogP contribution in [-0.2, 0) is 77.4 Å². The Balaban J connectivity index is 0.000000317. The molecule has 30 nitrogen and oxygen atoms in total. The minimum Gasteiger partial charge on any atom is -0.468 e. The molecule has 39 heteroatoms. The number of methoxy groups -OCH3 is 2. The van der Waals surface area contributed by atoms with Crippen LogP contribution >= 0.6 is 10.7 Å². The quantitative estimate of drug-likeness (QED) is 0.0230. The van der Waals surface area contributed by atoms with Gasteiger partial charge in [0.15, 0.2) is 0 Å². The molecule has 4 heterocycles. The van der Waals surface area contributed by atoms with Crippen molar-refractivity contribution in [3.8, 4) is 0 Å². The molecule has 0 saturated carbocycles. The molecule has 0 bridgehead atoms. The predicted octanol–water partition coefficient (Wildman–Crippen LogP) is 7.00. The number of esters is 2. The first-order valence-electron chi connectivity index (χ1n) is 27.7. The molecule has 4 saturated heterocycles. The molecule has 0 aliphatic carbocycles. The smallest absolute Gasteiger partial charge is 0.373 e. The maximum atomic E-state index is 14.5. The van der Waals surface area contributed by atoms with Crippen molar-refractivity contribution in [2.45, 2.75) is 116 Å². The van der Waals surface area contributed by atoms with Crippen molar-refractivity contribution < 1.29 is 104 Å². The molecule has 4 atom stereocenters. The lowest BCUT2D eigenvalue weighted by Crippen LogP contribution is -2.41. The number of hydrogen-bond donors (Lipinski definition) is 4. The Bertz CT molecular complexity index is 4080. The summed E-state index contributed by atoms with van der Waals surface area (Å²) in [5.74, 6) is -4.77. The highest BCUT2D eigenvalue weighted by molar-refractivity contribution is 8.13. The Morgan fingerprint density at radius 2 is 0.989 bits per heavy atom. The number of carbonyl (C=O) groups is 3. The van der Waals surface area contributed by atoms with Crippen LogP contribution in [0.1, 0.15) is 70.8 Å². The Labute approximate surface area is 546 Å². The van der Waals surface area contributed by atoms with Crippen LogP contribution in [0.2, 0.25) is 0 Å². The number of halogens is 5. The Morgan fingerprint density at radius 1 is 0.579 bits per heavy atom. The molecule has 2 amide bonds. The number of urea groups is 1. The minimum atomic E-state index is -4.10. The fraction of sp³-hybridized carbons (Fsp3) is 0.375. The summed E-state index contributed by atoms with van der Waals surface area (Å²) in [5.41, 5.74) is 5.14. The van der Waals surface area contributed by atoms with E-state index in [1.54, 1.807) is 19.1 Å². The van der Waals surface area contributed by atoms with Crippen LogP contribution in [0.3, 0.4) is 0 Å². The maximum Gasteiger partial charge on any atom is 0.373 e. The summed E-state index contributed by atoms with van der Waals surface area (Å²) in [6, 6.07) is 16.8. The predicted molar refractivity (Wildman–Crippen MR) is 327 cm³/mol. The second-order valence-electron chi connectivity index (χ2n) is 20.3. The standard InChI is InChI=1S/C20H22FN3O5S.C11H13FN2O4S.C11H15FN2O2S.C6H3ClFNO4S.C6H11NO2.2CO2/c1-13-5-7-14(8-6-13)22-20(26)23-17-10-9-15(12-16(17)21)30(27,28)24-11-3-4-18(24)19(25)29-2;1-8-3-2-6-13(8)19(17,18)9-4-5-11(14(15)16)10(12)7-9;1-8-3-2-6-14(8)17(15,16)9-4-5-11(13)10(12)7-9;7-14(12,13)4-1-2-6(9(10)11)5(8)3-4;1-9-6(8)5-3-2-4-7-5;2*2-1-3/h5-10,12,18H,3-4,11H2,1-2H3,(H2,22,23,26);4-5,7-8H,2-3,6H2,1H3;4-5,7-8H,2-3,6,13H2,1H3;1-3H;5,7H,2-4H2,1H3;;/t18-;2*8-;;5-;;/m011.0../s1. The van der Waals surface area contributed by atoms with Crippen molar-refractivity contribution in [1.29, 1.82) is 0 Å². The highest BCUT2D eigenvalue weighted by atomic mass is 35.7. The van der Waals surface area contributed by atoms with Gasteiger partial charge in [0.2, 0.25) is 41.7 Å². The van der Waals surface area contributed by atoms with E-state index >= 15 is 0 Å². The first kappa shape index (κ1) is 80.6. The second kappa shape index (κ2) is 36.8. The monoisotopic (exact) mass is 1440 g/mol. The minimum absolute atomic E-state index is 0.0272. The number of aryl methyl sites for hydroxylation is 1. The molecule has 5 aromatic rings. The summed E-state index contributed by atoms with van der Waals surface area (Å²) in [7, 11) is -8.02. The largest absolute Gasteiger partial charge is 0.468 e. The number of nitro groups is 2. The topological polar surface area (TPSA) is 433 Å². The van der Waals surface area contributed by atoms with Gasteiger partial charge in [-0.05, 0) is 139 Å². The zero-order valence-electron chi connectivity index (χ0n) is 50.9. The molecule has 0 radical (unpaired) electrons. The van der Waals surface area contributed by atoms with Crippen molar-refractivity contribution in [3.05, 3.63) is 146 Å². The summed E-state index contributed by atoms with van der Waals surface area (Å²) in [5, 5.41) is 28.6. The van der Waals surface area contributed by atoms with E-state index in [1.807, 2.05) is 26.0 Å². The van der Waals surface area contributed by atoms with Gasteiger partial charge in [-0.2, -0.15) is 40.9 Å². The molecule has 0 aromatic heterocycles. The van der Waals surface area contributed by atoms with Gasteiger partial charge < -0.3 is 31.2 Å². The van der Waals surface area contributed by atoms with Crippen LogP contribution in [0.5, 0.6) is 0 Å². The van der Waals surface area contributed by atoms with Crippen LogP contribution in [0, 0.1) is 50.4 Å². The van der Waals surface area contributed by atoms with Crippen LogP contribution in [0.25, 0.3) is 0 Å². The Morgan fingerprint density at radius 3 is 1.39 bits per heavy atom. The van der Waals surface area contributed by atoms with Crippen molar-refractivity contribution in [2.75, 3.05) is 56.8 Å². The van der Waals surface area contributed by atoms with E-state index in [4.69, 9.17) is 35.6 Å². The average molecular weight is 1440 g/mol. The van der Waals surface area contributed by atoms with Gasteiger partial charge in [0, 0.05) is 72.4 Å². The van der Waals surface area contributed by atoms with E-state index in [2.05, 4.69) is 25.4 Å². The fourth-order valence-corrected chi connectivity index (χ4v) is 15.1. The first-order valence-corrected chi connectivity index (χ1v) is 34.4. The van der Waals surface area contributed by atoms with Gasteiger partial charge in [0.25, 0.3) is 9.05 Å². The average Bonchev–Trinajstić information content (AvgIpc) is 1.79. The molecular weight excluding hydrogens is 1370 g/mol. The molecule has 4 aliphatic heterocycles. The van der Waals surface area contributed by atoms with E-state index in [-0.39, 0.29) is 69.0 Å². The number of nitrogens with one attached hydrogen (secondary N) is 3. The van der Waals surface area contributed by atoms with Gasteiger partial charge in [-0.1, -0.05) is 17.7 Å². The third-order valence-corrected chi connectivity index (χ3v) is 21.3. The number of anilines is 3. The third-order valence-electron chi connectivity index (χ3n) is 14.0. The number of nitro benzene ring substituents is 2. The van der Waals surface area contributed by atoms with E-state index in [0.29, 0.717) is 43.8 Å². The SMILES string of the molecule is COC(=O)[C@@H]1CCCN1.COC(=O)[C@@H]1CCCN1S(=O)(=O)c1ccc(NC(=O)Nc2ccc(C)cc2)c(F)c1.C[C@@H]1CCCN1S(=O)(=O)c1ccc(N)c(F)c1.C[C@@H]1CCCN1S(=O)(=O)c1ccc([N+](=O)[O-])c(F)c1.O=C=O.O=C=O.O=[N+]([O-])c1ccc(S(=O)(=O)Cl)cc1F. The number of nitrogens with zero attached hydrogens (tertiary/aromatic N) is 5. The van der Waals surface area contributed by atoms with Gasteiger partial charge in [-0.3, -0.25) is 29.8 Å². The van der Waals surface area contributed by atoms with E-state index < -0.39 is 107 Å². The first-order chi connectivity index (χ1) is 44.5. The number of benzene rings is 5. The van der Waals surface area contributed by atoms with Gasteiger partial charge >= 0.3 is 41.6 Å². The van der Waals surface area contributed by atoms with Crippen LogP contribution in [-0.4, -0.2) is 151 Å². The number of nitrogens with two attached hydrogens (primary N) is 1. The molecule has 95 heavy (non-hydrogen) atoms. The zero-order chi connectivity index (χ0) is 71.8. The zero-order valence-corrected chi connectivity index (χ0v) is 55.0. The molecule has 5 N–H and O–H groups in total. The number of nitrogen functional groups attached to an aromatic ring is 1. The third kappa shape index (κ3) is 23.0. The number of carbonyl (C=O) groups excluding carboxylic acids is 7. The lowest BCUT2D eigenvalue weighted by molar-refractivity contribution is -0.387. The molecular formula is C56H64ClF4N9O21S4. The molecule has 4 fully saturated rings. The van der Waals surface area contributed by atoms with Crippen molar-refractivity contribution in [2.24, 2.45) is 0 Å². The molecule has 4 aliphatic rings. The maximum absolute atomic E-state index is 14.5. The number of amides is 2. The molecule has 0 spiro atoms. The lowest BCUT2D eigenvalue weighted by Gasteiger charge is -2.22. The van der Waals surface area contributed by atoms with Gasteiger partial charge in [-0.15, -0.1) is 0 Å². The van der Waals surface area contributed by atoms with Gasteiger partial charge in [0.05, 0.1) is 55.0 Å². The number of ether oxygens (including phenoxy) is 2. The lowest BCUT2D eigenvalue weighted by atomic mass is 10.2. The van der Waals surface area contributed by atoms with Crippen molar-refractivity contribution in [1.82, 2.24) is 18.2 Å². The van der Waals surface area contributed by atoms with Crippen molar-refractivity contribution >= 4 is 109 Å². The summed E-state index contributed by atoms with van der Waals surface area (Å²) < 4.78 is 163. The van der Waals surface area contributed by atoms with Crippen LogP contribution in [0.15, 0.2) is 117 Å². The second-order valence-corrected chi connectivity index (χ2v) is 28.5. The molecule has 9 rings (SSSR count). The molecule has 5 aromatic carbocycles. The fourth-order valence-electron chi connectivity index (χ4n) is 9.29. The number of sulfonamides is 3. The Hall–Kier alpha value is -8.68. The van der Waals surface area contributed by atoms with E-state index in [1.165, 1.54) is 47.1 Å². The van der Waals surface area contributed by atoms with Crippen molar-refractivity contribution in [3.63, 3.8) is 0 Å². The molecule has 0 unspecified atom stereocenters. The highest BCUT2D eigenvalue weighted by Gasteiger charge is 2.41. The normalized spacial score (nSPS) is 17.7. The van der Waals surface area contributed by atoms with Crippen LogP contribution in [0.4, 0.5) is 50.8 Å².